The Morgan fingerprint density at radius 3 is 2.19 bits per heavy atom. The average Bonchev–Trinajstić information content (AvgIpc) is 3.37. The smallest absolute Gasteiger partial charge is 0.408 e. The van der Waals surface area contributed by atoms with Crippen molar-refractivity contribution >= 4 is 23.0 Å². The summed E-state index contributed by atoms with van der Waals surface area (Å²) >= 11 is 0. The molecule has 3 N–H and O–H groups in total. The van der Waals surface area contributed by atoms with Crippen molar-refractivity contribution in [3.63, 3.8) is 0 Å². The summed E-state index contributed by atoms with van der Waals surface area (Å²) in [6.07, 6.45) is -0.782. The van der Waals surface area contributed by atoms with Crippen LogP contribution in [0.5, 0.6) is 0 Å². The van der Waals surface area contributed by atoms with E-state index in [0.29, 0.717) is 5.69 Å². The number of aromatic nitrogens is 1. The predicted molar refractivity (Wildman–Crippen MR) is 121 cm³/mol. The Morgan fingerprint density at radius 1 is 0.969 bits per heavy atom. The lowest BCUT2D eigenvalue weighted by molar-refractivity contribution is -0.144. The summed E-state index contributed by atoms with van der Waals surface area (Å²) in [6.45, 7) is 1.56. The van der Waals surface area contributed by atoms with Gasteiger partial charge in [0.15, 0.2) is 5.54 Å². The van der Waals surface area contributed by atoms with Crippen LogP contribution in [0.15, 0.2) is 78.9 Å². The Hall–Kier alpha value is -4.06. The lowest BCUT2D eigenvalue weighted by Crippen LogP contribution is -2.50. The van der Waals surface area contributed by atoms with E-state index in [0.717, 1.165) is 33.2 Å². The number of carbonyl (C=O) groups excluding carboxylic acids is 1. The molecule has 32 heavy (non-hydrogen) atoms. The van der Waals surface area contributed by atoms with E-state index < -0.39 is 17.6 Å². The number of hydrogen-bond donors (Lipinski definition) is 3. The van der Waals surface area contributed by atoms with E-state index in [1.807, 2.05) is 60.7 Å². The molecule has 0 aliphatic heterocycles. The Morgan fingerprint density at radius 2 is 1.56 bits per heavy atom. The largest absolute Gasteiger partial charge is 0.479 e. The molecule has 1 heterocycles. The fourth-order valence-corrected chi connectivity index (χ4v) is 4.42. The molecule has 0 fully saturated rings. The topological polar surface area (TPSA) is 91.4 Å². The fraction of sp³-hybridized carbons (Fsp3) is 0.154. The molecule has 1 amide bonds. The van der Waals surface area contributed by atoms with Crippen LogP contribution >= 0.6 is 0 Å². The first-order chi connectivity index (χ1) is 15.5. The molecule has 1 aliphatic carbocycles. The minimum absolute atomic E-state index is 0.0997. The van der Waals surface area contributed by atoms with Crippen LogP contribution in [-0.2, 0) is 15.1 Å². The molecule has 0 unspecified atom stereocenters. The summed E-state index contributed by atoms with van der Waals surface area (Å²) in [7, 11) is 0. The number of nitrogens with one attached hydrogen (secondary N) is 2. The van der Waals surface area contributed by atoms with E-state index in [2.05, 4.69) is 22.4 Å². The van der Waals surface area contributed by atoms with E-state index in [4.69, 9.17) is 4.74 Å². The molecule has 3 aromatic carbocycles. The van der Waals surface area contributed by atoms with Crippen molar-refractivity contribution in [3.05, 3.63) is 95.7 Å². The molecule has 1 atom stereocenters. The third-order valence-electron chi connectivity index (χ3n) is 6.19. The van der Waals surface area contributed by atoms with Crippen LogP contribution < -0.4 is 5.32 Å². The fourth-order valence-electron chi connectivity index (χ4n) is 4.42. The zero-order chi connectivity index (χ0) is 22.3. The second-order valence-electron chi connectivity index (χ2n) is 8.15. The monoisotopic (exact) mass is 426 g/mol. The number of hydrogen-bond acceptors (Lipinski definition) is 3. The first-order valence-electron chi connectivity index (χ1n) is 10.4. The number of para-hydroxylation sites is 1. The van der Waals surface area contributed by atoms with Crippen molar-refractivity contribution in [1.29, 1.82) is 0 Å². The van der Waals surface area contributed by atoms with Crippen LogP contribution in [-0.4, -0.2) is 28.8 Å². The molecule has 0 spiro atoms. The van der Waals surface area contributed by atoms with Crippen molar-refractivity contribution in [2.45, 2.75) is 18.4 Å². The van der Waals surface area contributed by atoms with Gasteiger partial charge in [-0.05, 0) is 46.7 Å². The highest BCUT2D eigenvalue weighted by atomic mass is 16.5. The Bertz CT molecular complexity index is 1260. The van der Waals surface area contributed by atoms with E-state index in [-0.39, 0.29) is 12.5 Å². The quantitative estimate of drug-likeness (QED) is 0.419. The molecule has 0 saturated heterocycles. The number of aliphatic carboxylic acids is 1. The maximum Gasteiger partial charge on any atom is 0.408 e. The van der Waals surface area contributed by atoms with E-state index in [9.17, 15) is 14.7 Å². The number of amides is 1. The van der Waals surface area contributed by atoms with Gasteiger partial charge in [-0.15, -0.1) is 0 Å². The number of carboxylic acid groups (broad SMARTS) is 1. The molecule has 0 bridgehead atoms. The minimum Gasteiger partial charge on any atom is -0.479 e. The second kappa shape index (κ2) is 7.57. The molecular weight excluding hydrogens is 404 g/mol. The number of alkyl carbamates (subject to hydrolysis) is 1. The molecule has 0 radical (unpaired) electrons. The lowest BCUT2D eigenvalue weighted by Gasteiger charge is -2.25. The first kappa shape index (κ1) is 19.9. The highest BCUT2D eigenvalue weighted by Crippen LogP contribution is 2.44. The van der Waals surface area contributed by atoms with Crippen molar-refractivity contribution in [2.24, 2.45) is 0 Å². The van der Waals surface area contributed by atoms with Crippen LogP contribution in [0.1, 0.15) is 29.7 Å². The van der Waals surface area contributed by atoms with Gasteiger partial charge in [0.2, 0.25) is 0 Å². The SMILES string of the molecule is C[C@](NC(=O)OCC1c2ccccc2-c2ccccc21)(C(=O)O)c1cc2ccccc2[nH]1. The molecule has 6 nitrogen and oxygen atoms in total. The van der Waals surface area contributed by atoms with Gasteiger partial charge in [0, 0.05) is 11.4 Å². The van der Waals surface area contributed by atoms with Gasteiger partial charge in [0.05, 0.1) is 5.69 Å². The molecule has 6 heteroatoms. The number of ether oxygens (including phenoxy) is 1. The Balaban J connectivity index is 1.36. The second-order valence-corrected chi connectivity index (χ2v) is 8.15. The molecule has 1 aliphatic rings. The highest BCUT2D eigenvalue weighted by molar-refractivity contribution is 5.88. The number of carbonyl (C=O) groups is 2. The van der Waals surface area contributed by atoms with Gasteiger partial charge in [0.25, 0.3) is 0 Å². The first-order valence-corrected chi connectivity index (χ1v) is 10.4. The Labute approximate surface area is 184 Å². The summed E-state index contributed by atoms with van der Waals surface area (Å²) in [5.41, 5.74) is 3.96. The van der Waals surface area contributed by atoms with E-state index in [1.165, 1.54) is 6.92 Å². The van der Waals surface area contributed by atoms with Crippen LogP contribution in [0.2, 0.25) is 0 Å². The lowest BCUT2D eigenvalue weighted by atomic mass is 9.98. The summed E-state index contributed by atoms with van der Waals surface area (Å²) in [4.78, 5) is 27.9. The van der Waals surface area contributed by atoms with Crippen molar-refractivity contribution in [1.82, 2.24) is 10.3 Å². The molecule has 4 aromatic rings. The number of H-pyrrole nitrogens is 1. The maximum atomic E-state index is 12.7. The van der Waals surface area contributed by atoms with Gasteiger partial charge in [-0.3, -0.25) is 0 Å². The summed E-state index contributed by atoms with van der Waals surface area (Å²) in [5.74, 6) is -1.28. The maximum absolute atomic E-state index is 12.7. The predicted octanol–water partition coefficient (Wildman–Crippen LogP) is 5.01. The van der Waals surface area contributed by atoms with E-state index in [1.54, 1.807) is 6.07 Å². The van der Waals surface area contributed by atoms with Crippen molar-refractivity contribution in [3.8, 4) is 11.1 Å². The third-order valence-corrected chi connectivity index (χ3v) is 6.19. The molecular formula is C26H22N2O4. The van der Waals surface area contributed by atoms with Crippen LogP contribution in [0, 0.1) is 0 Å². The minimum atomic E-state index is -1.67. The third kappa shape index (κ3) is 3.21. The molecule has 0 saturated carbocycles. The zero-order valence-electron chi connectivity index (χ0n) is 17.5. The van der Waals surface area contributed by atoms with Crippen molar-refractivity contribution in [2.75, 3.05) is 6.61 Å². The highest BCUT2D eigenvalue weighted by Gasteiger charge is 2.39. The van der Waals surface area contributed by atoms with Gasteiger partial charge < -0.3 is 20.1 Å². The van der Waals surface area contributed by atoms with Gasteiger partial charge in [0.1, 0.15) is 6.61 Å². The summed E-state index contributed by atoms with van der Waals surface area (Å²) in [5, 5.41) is 13.3. The standard InChI is InChI=1S/C26H22N2O4/c1-26(24(29)30,23-14-16-8-2-7-13-22(16)27-23)28-25(31)32-15-21-19-11-5-3-9-17(19)18-10-4-6-12-20(18)21/h2-14,21,27H,15H2,1H3,(H,28,31)(H,29,30)/t26-/m1/s1. The number of rotatable bonds is 5. The van der Waals surface area contributed by atoms with E-state index >= 15 is 0 Å². The number of fused-ring (bicyclic) bond motifs is 4. The normalized spacial score (nSPS) is 14.4. The van der Waals surface area contributed by atoms with Gasteiger partial charge in [-0.2, -0.15) is 0 Å². The van der Waals surface area contributed by atoms with Crippen LogP contribution in [0.3, 0.4) is 0 Å². The van der Waals surface area contributed by atoms with Gasteiger partial charge >= 0.3 is 12.1 Å². The zero-order valence-corrected chi connectivity index (χ0v) is 17.5. The molecule has 160 valence electrons. The van der Waals surface area contributed by atoms with Gasteiger partial charge in [-0.25, -0.2) is 9.59 Å². The number of benzene rings is 3. The number of aromatic amines is 1. The molecule has 5 rings (SSSR count). The van der Waals surface area contributed by atoms with Gasteiger partial charge in [-0.1, -0.05) is 66.7 Å². The average molecular weight is 426 g/mol. The van der Waals surface area contributed by atoms with Crippen LogP contribution in [0.4, 0.5) is 4.79 Å². The van der Waals surface area contributed by atoms with Crippen molar-refractivity contribution < 1.29 is 19.4 Å². The summed E-state index contributed by atoms with van der Waals surface area (Å²) in [6, 6.07) is 25.3. The number of carboxylic acids is 1. The van der Waals surface area contributed by atoms with Crippen LogP contribution in [0.25, 0.3) is 22.0 Å². The Kier molecular flexibility index (Phi) is 4.70. The molecule has 1 aromatic heterocycles. The summed E-state index contributed by atoms with van der Waals surface area (Å²) < 4.78 is 5.55.